The molecule has 0 amide bonds. The molecule has 0 aromatic carbocycles. The number of allylic oxidation sites excluding steroid dienone is 2. The van der Waals surface area contributed by atoms with Crippen molar-refractivity contribution in [2.45, 2.75) is 136 Å². The van der Waals surface area contributed by atoms with Crippen LogP contribution in [-0.4, -0.2) is 0 Å². The van der Waals surface area contributed by atoms with Crippen molar-refractivity contribution in [1.29, 1.82) is 5.26 Å². The Kier molecular flexibility index (Phi) is 9.80. The van der Waals surface area contributed by atoms with E-state index in [1.54, 1.807) is 0 Å². The Morgan fingerprint density at radius 3 is 2.10 bits per heavy atom. The second-order valence-corrected chi connectivity index (χ2v) is 11.2. The molecule has 0 N–H and O–H groups in total. The minimum absolute atomic E-state index is 0.0939. The molecule has 3 rings (SSSR count). The summed E-state index contributed by atoms with van der Waals surface area (Å²) in [6, 6.07) is 2.83. The van der Waals surface area contributed by atoms with Crippen LogP contribution in [0, 0.1) is 40.4 Å². The van der Waals surface area contributed by atoms with E-state index in [4.69, 9.17) is 0 Å². The summed E-state index contributed by atoms with van der Waals surface area (Å²) in [5.41, 5.74) is 1.44. The van der Waals surface area contributed by atoms with Crippen LogP contribution in [0.15, 0.2) is 11.6 Å². The number of unbranched alkanes of at least 4 members (excludes halogenated alkanes) is 4. The van der Waals surface area contributed by atoms with E-state index < -0.39 is 0 Å². The van der Waals surface area contributed by atoms with Gasteiger partial charge in [0.2, 0.25) is 0 Å². The van der Waals surface area contributed by atoms with Crippen molar-refractivity contribution in [3.05, 3.63) is 11.6 Å². The average molecular weight is 412 g/mol. The number of hydrogen-bond donors (Lipinski definition) is 0. The van der Waals surface area contributed by atoms with E-state index in [9.17, 15) is 5.26 Å². The molecule has 3 aliphatic carbocycles. The van der Waals surface area contributed by atoms with Gasteiger partial charge in [0.05, 0.1) is 11.5 Å². The van der Waals surface area contributed by atoms with Gasteiger partial charge in [-0.2, -0.15) is 5.26 Å². The molecule has 0 radical (unpaired) electrons. The van der Waals surface area contributed by atoms with E-state index in [0.717, 1.165) is 36.5 Å². The summed E-state index contributed by atoms with van der Waals surface area (Å²) in [5.74, 6) is 3.78. The van der Waals surface area contributed by atoms with Gasteiger partial charge in [0.25, 0.3) is 0 Å². The lowest BCUT2D eigenvalue weighted by Crippen LogP contribution is -2.33. The third-order valence-corrected chi connectivity index (χ3v) is 9.20. The van der Waals surface area contributed by atoms with E-state index >= 15 is 0 Å². The van der Waals surface area contributed by atoms with Gasteiger partial charge in [0.1, 0.15) is 0 Å². The van der Waals surface area contributed by atoms with Gasteiger partial charge in [-0.05, 0) is 81.5 Å². The SMILES string of the molecule is CCCCCCCC1CCC(C2CCC(C#N)(C3=CCC(CCC)CC3)CC2)CC1. The lowest BCUT2D eigenvalue weighted by Gasteiger charge is -2.42. The Bertz CT molecular complexity index is 551. The van der Waals surface area contributed by atoms with Crippen LogP contribution in [0.1, 0.15) is 136 Å². The van der Waals surface area contributed by atoms with Gasteiger partial charge in [0, 0.05) is 0 Å². The lowest BCUT2D eigenvalue weighted by molar-refractivity contribution is 0.130. The largest absolute Gasteiger partial charge is 0.197 e. The first-order valence-electron chi connectivity index (χ1n) is 13.8. The highest BCUT2D eigenvalue weighted by Crippen LogP contribution is 2.51. The van der Waals surface area contributed by atoms with Crippen LogP contribution in [0.4, 0.5) is 0 Å². The molecule has 170 valence electrons. The second-order valence-electron chi connectivity index (χ2n) is 11.2. The number of hydrogen-bond acceptors (Lipinski definition) is 1. The number of nitriles is 1. The molecule has 2 saturated carbocycles. The van der Waals surface area contributed by atoms with Crippen molar-refractivity contribution < 1.29 is 0 Å². The molecule has 0 aromatic heterocycles. The highest BCUT2D eigenvalue weighted by atomic mass is 14.5. The topological polar surface area (TPSA) is 23.8 Å². The van der Waals surface area contributed by atoms with Crippen LogP contribution in [0.3, 0.4) is 0 Å². The highest BCUT2D eigenvalue weighted by Gasteiger charge is 2.41. The van der Waals surface area contributed by atoms with Crippen LogP contribution in [0.2, 0.25) is 0 Å². The smallest absolute Gasteiger partial charge is 0.0782 e. The molecule has 0 heterocycles. The van der Waals surface area contributed by atoms with E-state index in [1.165, 1.54) is 115 Å². The molecule has 1 nitrogen and oxygen atoms in total. The standard InChI is InChI=1S/C29H49N/c1-3-5-6-7-8-10-25-11-15-26(16-12-25)27-19-21-29(23-30,22-20-27)28-17-13-24(9-4-2)14-18-28/h17,24-27H,3-16,18-22H2,1-2H3. The fraction of sp³-hybridized carbons (Fsp3) is 0.897. The van der Waals surface area contributed by atoms with E-state index in [2.05, 4.69) is 26.0 Å². The molecular formula is C29H49N. The van der Waals surface area contributed by atoms with Crippen molar-refractivity contribution in [2.75, 3.05) is 0 Å². The molecule has 1 heteroatoms. The van der Waals surface area contributed by atoms with Crippen molar-refractivity contribution >= 4 is 0 Å². The average Bonchev–Trinajstić information content (AvgIpc) is 2.80. The first-order chi connectivity index (χ1) is 14.7. The summed E-state index contributed by atoms with van der Waals surface area (Å²) >= 11 is 0. The van der Waals surface area contributed by atoms with Crippen molar-refractivity contribution in [1.82, 2.24) is 0 Å². The van der Waals surface area contributed by atoms with Gasteiger partial charge in [-0.1, -0.05) is 89.7 Å². The highest BCUT2D eigenvalue weighted by molar-refractivity contribution is 5.26. The Labute approximate surface area is 188 Å². The second kappa shape index (κ2) is 12.3. The van der Waals surface area contributed by atoms with Gasteiger partial charge in [-0.3, -0.25) is 0 Å². The number of rotatable bonds is 10. The normalized spacial score (nSPS) is 34.9. The first kappa shape index (κ1) is 23.9. The van der Waals surface area contributed by atoms with Gasteiger partial charge in [0.15, 0.2) is 0 Å². The van der Waals surface area contributed by atoms with Gasteiger partial charge in [-0.15, -0.1) is 0 Å². The minimum atomic E-state index is -0.0939. The molecule has 0 bridgehead atoms. The molecule has 1 unspecified atom stereocenters. The summed E-state index contributed by atoms with van der Waals surface area (Å²) in [6.07, 6.45) is 28.4. The number of nitrogens with zero attached hydrogens (tertiary/aromatic N) is 1. The molecule has 0 aliphatic heterocycles. The zero-order valence-electron chi connectivity index (χ0n) is 20.3. The summed E-state index contributed by atoms with van der Waals surface area (Å²) in [5, 5.41) is 10.1. The third-order valence-electron chi connectivity index (χ3n) is 9.20. The van der Waals surface area contributed by atoms with Crippen LogP contribution < -0.4 is 0 Å². The van der Waals surface area contributed by atoms with E-state index in [-0.39, 0.29) is 5.41 Å². The molecule has 3 aliphatic rings. The molecule has 0 aromatic rings. The van der Waals surface area contributed by atoms with Crippen molar-refractivity contribution in [2.24, 2.45) is 29.1 Å². The molecule has 0 saturated heterocycles. The summed E-state index contributed by atoms with van der Waals surface area (Å²) in [6.45, 7) is 4.61. The zero-order chi connectivity index (χ0) is 21.2. The van der Waals surface area contributed by atoms with Crippen LogP contribution in [0.5, 0.6) is 0 Å². The summed E-state index contributed by atoms with van der Waals surface area (Å²) < 4.78 is 0. The quantitative estimate of drug-likeness (QED) is 0.259. The minimum Gasteiger partial charge on any atom is -0.197 e. The van der Waals surface area contributed by atoms with Crippen LogP contribution in [0.25, 0.3) is 0 Å². The zero-order valence-corrected chi connectivity index (χ0v) is 20.3. The van der Waals surface area contributed by atoms with Gasteiger partial charge in [-0.25, -0.2) is 0 Å². The van der Waals surface area contributed by atoms with Crippen molar-refractivity contribution in [3.8, 4) is 6.07 Å². The van der Waals surface area contributed by atoms with Crippen LogP contribution >= 0.6 is 0 Å². The van der Waals surface area contributed by atoms with E-state index in [1.807, 2.05) is 0 Å². The van der Waals surface area contributed by atoms with E-state index in [0.29, 0.717) is 0 Å². The summed E-state index contributed by atoms with van der Waals surface area (Å²) in [7, 11) is 0. The predicted octanol–water partition coefficient (Wildman–Crippen LogP) is 9.38. The summed E-state index contributed by atoms with van der Waals surface area (Å²) in [4.78, 5) is 0. The molecular weight excluding hydrogens is 362 g/mol. The lowest BCUT2D eigenvalue weighted by atomic mass is 9.61. The monoisotopic (exact) mass is 411 g/mol. The van der Waals surface area contributed by atoms with Gasteiger partial charge < -0.3 is 0 Å². The predicted molar refractivity (Wildman–Crippen MR) is 129 cm³/mol. The maximum absolute atomic E-state index is 10.1. The fourth-order valence-corrected chi connectivity index (χ4v) is 7.09. The maximum Gasteiger partial charge on any atom is 0.0782 e. The maximum atomic E-state index is 10.1. The Balaban J connectivity index is 1.40. The fourth-order valence-electron chi connectivity index (χ4n) is 7.09. The Morgan fingerprint density at radius 1 is 0.800 bits per heavy atom. The van der Waals surface area contributed by atoms with Crippen LogP contribution in [-0.2, 0) is 0 Å². The third kappa shape index (κ3) is 6.37. The van der Waals surface area contributed by atoms with Crippen molar-refractivity contribution in [3.63, 3.8) is 0 Å². The molecule has 1 atom stereocenters. The molecule has 30 heavy (non-hydrogen) atoms. The first-order valence-corrected chi connectivity index (χ1v) is 13.8. The molecule has 0 spiro atoms. The Hall–Kier alpha value is -0.770. The molecule has 2 fully saturated rings. The Morgan fingerprint density at radius 2 is 1.50 bits per heavy atom. The van der Waals surface area contributed by atoms with Gasteiger partial charge >= 0.3 is 0 Å².